The van der Waals surface area contributed by atoms with Gasteiger partial charge in [0.1, 0.15) is 5.82 Å². The van der Waals surface area contributed by atoms with Gasteiger partial charge in [0.15, 0.2) is 11.0 Å². The fourth-order valence-electron chi connectivity index (χ4n) is 2.53. The Balaban J connectivity index is 1.67. The van der Waals surface area contributed by atoms with Crippen LogP contribution in [0.4, 0.5) is 10.1 Å². The molecule has 2 heterocycles. The van der Waals surface area contributed by atoms with Gasteiger partial charge < -0.3 is 9.88 Å². The maximum Gasteiger partial charge on any atom is 0.234 e. The van der Waals surface area contributed by atoms with Gasteiger partial charge in [0, 0.05) is 28.1 Å². The van der Waals surface area contributed by atoms with Crippen molar-refractivity contribution in [3.8, 4) is 11.4 Å². The lowest BCUT2D eigenvalue weighted by Crippen LogP contribution is -2.14. The van der Waals surface area contributed by atoms with Gasteiger partial charge in [-0.3, -0.25) is 4.79 Å². The van der Waals surface area contributed by atoms with E-state index >= 15 is 0 Å². The average Bonchev–Trinajstić information content (AvgIpc) is 3.28. The van der Waals surface area contributed by atoms with Crippen LogP contribution in [-0.4, -0.2) is 26.4 Å². The van der Waals surface area contributed by atoms with Gasteiger partial charge in [0.05, 0.1) is 5.75 Å². The van der Waals surface area contributed by atoms with E-state index in [1.165, 1.54) is 40.9 Å². The predicted molar refractivity (Wildman–Crippen MR) is 109 cm³/mol. The molecule has 3 rings (SSSR count). The first-order valence-electron chi connectivity index (χ1n) is 8.68. The van der Waals surface area contributed by atoms with Crippen molar-refractivity contribution in [3.63, 3.8) is 0 Å². The summed E-state index contributed by atoms with van der Waals surface area (Å²) in [5.41, 5.74) is 1.62. The van der Waals surface area contributed by atoms with Crippen molar-refractivity contribution in [1.82, 2.24) is 14.8 Å². The quantitative estimate of drug-likeness (QED) is 0.562. The van der Waals surface area contributed by atoms with E-state index in [0.29, 0.717) is 16.8 Å². The number of thiophene rings is 1. The number of carbonyl (C=O) groups is 1. The van der Waals surface area contributed by atoms with Crippen LogP contribution in [0, 0.1) is 5.82 Å². The number of nitrogens with one attached hydrogen (secondary N) is 1. The van der Waals surface area contributed by atoms with Crippen molar-refractivity contribution in [2.24, 2.45) is 0 Å². The summed E-state index contributed by atoms with van der Waals surface area (Å²) in [6.45, 7) is 7.09. The normalized spacial score (nSPS) is 11.1. The van der Waals surface area contributed by atoms with Gasteiger partial charge in [-0.05, 0) is 43.2 Å². The Labute approximate surface area is 166 Å². The van der Waals surface area contributed by atoms with E-state index < -0.39 is 0 Å². The van der Waals surface area contributed by atoms with Crippen LogP contribution >= 0.6 is 23.1 Å². The molecular formula is C19H21FN4OS2. The zero-order valence-electron chi connectivity index (χ0n) is 15.4. The van der Waals surface area contributed by atoms with Crippen LogP contribution < -0.4 is 5.32 Å². The van der Waals surface area contributed by atoms with E-state index in [4.69, 9.17) is 0 Å². The molecule has 0 radical (unpaired) electrons. The highest BCUT2D eigenvalue weighted by atomic mass is 32.2. The van der Waals surface area contributed by atoms with Crippen molar-refractivity contribution >= 4 is 34.7 Å². The molecule has 0 saturated heterocycles. The number of amides is 1. The van der Waals surface area contributed by atoms with Crippen LogP contribution in [-0.2, 0) is 11.3 Å². The number of hydrogen-bond donors (Lipinski definition) is 1. The van der Waals surface area contributed by atoms with E-state index in [2.05, 4.69) is 40.8 Å². The molecule has 0 aliphatic carbocycles. The lowest BCUT2D eigenvalue weighted by molar-refractivity contribution is -0.113. The SMILES string of the molecule is CCn1c(SCC(=O)Nc2ccc(F)cc2)nnc1-c1csc(C(C)C)c1. The molecule has 0 unspecified atom stereocenters. The van der Waals surface area contributed by atoms with Gasteiger partial charge in [0.25, 0.3) is 0 Å². The lowest BCUT2D eigenvalue weighted by Gasteiger charge is -2.07. The molecule has 5 nitrogen and oxygen atoms in total. The molecule has 1 amide bonds. The molecule has 0 aliphatic rings. The van der Waals surface area contributed by atoms with E-state index in [0.717, 1.165) is 17.9 Å². The maximum atomic E-state index is 12.9. The number of thioether (sulfide) groups is 1. The van der Waals surface area contributed by atoms with Gasteiger partial charge in [0.2, 0.25) is 5.91 Å². The summed E-state index contributed by atoms with van der Waals surface area (Å²) in [7, 11) is 0. The second-order valence-corrected chi connectivity index (χ2v) is 8.17. The molecule has 0 aliphatic heterocycles. The summed E-state index contributed by atoms with van der Waals surface area (Å²) in [4.78, 5) is 13.5. The van der Waals surface area contributed by atoms with E-state index in [9.17, 15) is 9.18 Å². The molecule has 1 N–H and O–H groups in total. The van der Waals surface area contributed by atoms with Gasteiger partial charge in [-0.15, -0.1) is 21.5 Å². The van der Waals surface area contributed by atoms with Crippen molar-refractivity contribution in [2.45, 2.75) is 38.4 Å². The Hall–Kier alpha value is -2.19. The van der Waals surface area contributed by atoms with Crippen molar-refractivity contribution in [3.05, 3.63) is 46.4 Å². The average molecular weight is 405 g/mol. The van der Waals surface area contributed by atoms with Gasteiger partial charge in [-0.1, -0.05) is 25.6 Å². The zero-order valence-corrected chi connectivity index (χ0v) is 17.0. The maximum absolute atomic E-state index is 12.9. The summed E-state index contributed by atoms with van der Waals surface area (Å²) in [6.07, 6.45) is 0. The molecule has 3 aromatic rings. The monoisotopic (exact) mass is 404 g/mol. The third-order valence-electron chi connectivity index (χ3n) is 3.94. The molecule has 142 valence electrons. The summed E-state index contributed by atoms with van der Waals surface area (Å²) in [5.74, 6) is 1.00. The molecular weight excluding hydrogens is 383 g/mol. The fraction of sp³-hybridized carbons (Fsp3) is 0.316. The summed E-state index contributed by atoms with van der Waals surface area (Å²) < 4.78 is 14.9. The van der Waals surface area contributed by atoms with Gasteiger partial charge >= 0.3 is 0 Å². The molecule has 0 saturated carbocycles. The van der Waals surface area contributed by atoms with E-state index in [1.54, 1.807) is 11.3 Å². The molecule has 27 heavy (non-hydrogen) atoms. The topological polar surface area (TPSA) is 59.8 Å². The van der Waals surface area contributed by atoms with Crippen LogP contribution in [0.25, 0.3) is 11.4 Å². The van der Waals surface area contributed by atoms with Crippen molar-refractivity contribution in [1.29, 1.82) is 0 Å². The third kappa shape index (κ3) is 4.75. The van der Waals surface area contributed by atoms with Crippen molar-refractivity contribution in [2.75, 3.05) is 11.1 Å². The highest BCUT2D eigenvalue weighted by Gasteiger charge is 2.16. The van der Waals surface area contributed by atoms with Crippen LogP contribution in [0.15, 0.2) is 40.9 Å². The Morgan fingerprint density at radius 2 is 2.04 bits per heavy atom. The summed E-state index contributed by atoms with van der Waals surface area (Å²) in [6, 6.07) is 7.85. The number of benzene rings is 1. The standard InChI is InChI=1S/C19H21FN4OS2/c1-4-24-18(13-9-16(12(2)3)26-10-13)22-23-19(24)27-11-17(25)21-15-7-5-14(20)6-8-15/h5-10,12H,4,11H2,1-3H3,(H,21,25). The minimum absolute atomic E-state index is 0.170. The number of aromatic nitrogens is 3. The number of carbonyl (C=O) groups excluding carboxylic acids is 1. The summed E-state index contributed by atoms with van der Waals surface area (Å²) >= 11 is 3.06. The van der Waals surface area contributed by atoms with Crippen LogP contribution in [0.5, 0.6) is 0 Å². The number of rotatable bonds is 7. The van der Waals surface area contributed by atoms with Crippen molar-refractivity contribution < 1.29 is 9.18 Å². The fourth-order valence-corrected chi connectivity index (χ4v) is 4.23. The van der Waals surface area contributed by atoms with Gasteiger partial charge in [-0.2, -0.15) is 0 Å². The smallest absolute Gasteiger partial charge is 0.234 e. The molecule has 1 aromatic carbocycles. The van der Waals surface area contributed by atoms with E-state index in [-0.39, 0.29) is 17.5 Å². The molecule has 0 fully saturated rings. The molecule has 2 aromatic heterocycles. The minimum atomic E-state index is -0.333. The Morgan fingerprint density at radius 1 is 1.30 bits per heavy atom. The van der Waals surface area contributed by atoms with Crippen LogP contribution in [0.3, 0.4) is 0 Å². The second-order valence-electron chi connectivity index (χ2n) is 6.29. The molecule has 8 heteroatoms. The van der Waals surface area contributed by atoms with E-state index in [1.807, 2.05) is 11.5 Å². The third-order valence-corrected chi connectivity index (χ3v) is 6.14. The number of anilines is 1. The van der Waals surface area contributed by atoms with Crippen LogP contribution in [0.2, 0.25) is 0 Å². The molecule has 0 bridgehead atoms. The molecule has 0 spiro atoms. The number of hydrogen-bond acceptors (Lipinski definition) is 5. The zero-order chi connectivity index (χ0) is 19.4. The Kier molecular flexibility index (Phi) is 6.28. The first kappa shape index (κ1) is 19.6. The first-order valence-corrected chi connectivity index (χ1v) is 10.5. The highest BCUT2D eigenvalue weighted by molar-refractivity contribution is 7.99. The molecule has 0 atom stereocenters. The minimum Gasteiger partial charge on any atom is -0.325 e. The Bertz CT molecular complexity index is 918. The number of nitrogens with zero attached hydrogens (tertiary/aromatic N) is 3. The largest absolute Gasteiger partial charge is 0.325 e. The van der Waals surface area contributed by atoms with Gasteiger partial charge in [-0.25, -0.2) is 4.39 Å². The predicted octanol–water partition coefficient (Wildman–Crippen LogP) is 5.02. The number of halogens is 1. The highest BCUT2D eigenvalue weighted by Crippen LogP contribution is 2.31. The Morgan fingerprint density at radius 3 is 2.67 bits per heavy atom. The first-order chi connectivity index (χ1) is 13.0. The lowest BCUT2D eigenvalue weighted by atomic mass is 10.1. The summed E-state index contributed by atoms with van der Waals surface area (Å²) in [5, 5.41) is 14.1. The second kappa shape index (κ2) is 8.67. The van der Waals surface area contributed by atoms with Crippen LogP contribution in [0.1, 0.15) is 31.6 Å².